The van der Waals surface area contributed by atoms with Crippen molar-refractivity contribution in [2.75, 3.05) is 51.3 Å². The molecule has 0 unspecified atom stereocenters. The molecular formula is C21H30N4O2. The van der Waals surface area contributed by atoms with E-state index in [-0.39, 0.29) is 0 Å². The fraction of sp³-hybridized carbons (Fsp3) is 0.476. The summed E-state index contributed by atoms with van der Waals surface area (Å²) >= 11 is 0. The minimum atomic E-state index is 0.822. The Morgan fingerprint density at radius 2 is 1.96 bits per heavy atom. The highest BCUT2D eigenvalue weighted by Crippen LogP contribution is 2.28. The fourth-order valence-corrected chi connectivity index (χ4v) is 3.29. The molecule has 0 radical (unpaired) electrons. The van der Waals surface area contributed by atoms with Crippen LogP contribution in [0.15, 0.2) is 52.1 Å². The number of guanidine groups is 1. The van der Waals surface area contributed by atoms with Crippen LogP contribution < -0.4 is 15.0 Å². The molecule has 0 atom stereocenters. The van der Waals surface area contributed by atoms with E-state index < -0.39 is 0 Å². The van der Waals surface area contributed by atoms with Crippen LogP contribution in [0.2, 0.25) is 0 Å². The third-order valence-electron chi connectivity index (χ3n) is 4.72. The van der Waals surface area contributed by atoms with Crippen molar-refractivity contribution in [2.45, 2.75) is 19.8 Å². The van der Waals surface area contributed by atoms with Gasteiger partial charge in [0.25, 0.3) is 0 Å². The first-order valence-electron chi connectivity index (χ1n) is 9.75. The van der Waals surface area contributed by atoms with Gasteiger partial charge < -0.3 is 24.3 Å². The van der Waals surface area contributed by atoms with E-state index in [1.807, 2.05) is 24.3 Å². The summed E-state index contributed by atoms with van der Waals surface area (Å²) in [5.74, 6) is 2.93. The lowest BCUT2D eigenvalue weighted by Crippen LogP contribution is -2.53. The first-order valence-corrected chi connectivity index (χ1v) is 9.75. The van der Waals surface area contributed by atoms with Crippen molar-refractivity contribution in [1.82, 2.24) is 10.2 Å². The van der Waals surface area contributed by atoms with Gasteiger partial charge in [-0.15, -0.1) is 0 Å². The van der Waals surface area contributed by atoms with Crippen molar-refractivity contribution in [3.05, 3.63) is 48.4 Å². The van der Waals surface area contributed by atoms with Gasteiger partial charge in [0, 0.05) is 45.7 Å². The summed E-state index contributed by atoms with van der Waals surface area (Å²) in [5, 5.41) is 3.51. The minimum Gasteiger partial charge on any atom is -0.495 e. The number of hydrogen-bond donors (Lipinski definition) is 1. The lowest BCUT2D eigenvalue weighted by atomic mass is 10.2. The van der Waals surface area contributed by atoms with Crippen LogP contribution in [0, 0.1) is 0 Å². The van der Waals surface area contributed by atoms with Gasteiger partial charge in [-0.1, -0.05) is 19.1 Å². The molecule has 1 saturated heterocycles. The molecule has 0 amide bonds. The molecule has 0 bridgehead atoms. The SMILES string of the molecule is CCCN=C(NCCc1ccco1)N1CCN(c2ccccc2OC)CC1. The number of methoxy groups -OCH3 is 1. The zero-order chi connectivity index (χ0) is 18.9. The molecule has 6 nitrogen and oxygen atoms in total. The maximum atomic E-state index is 5.51. The summed E-state index contributed by atoms with van der Waals surface area (Å²) in [5.41, 5.74) is 1.16. The van der Waals surface area contributed by atoms with Crippen molar-refractivity contribution < 1.29 is 9.15 Å². The van der Waals surface area contributed by atoms with Crippen molar-refractivity contribution in [2.24, 2.45) is 4.99 Å². The zero-order valence-electron chi connectivity index (χ0n) is 16.4. The molecule has 27 heavy (non-hydrogen) atoms. The number of furan rings is 1. The Labute approximate surface area is 161 Å². The predicted octanol–water partition coefficient (Wildman–Crippen LogP) is 3.01. The maximum absolute atomic E-state index is 5.51. The number of anilines is 1. The topological polar surface area (TPSA) is 53.2 Å². The molecule has 1 aromatic carbocycles. The monoisotopic (exact) mass is 370 g/mol. The van der Waals surface area contributed by atoms with Crippen LogP contribution in [-0.4, -0.2) is 57.2 Å². The number of hydrogen-bond acceptors (Lipinski definition) is 4. The molecule has 2 aromatic rings. The van der Waals surface area contributed by atoms with Crippen LogP contribution in [0.3, 0.4) is 0 Å². The van der Waals surface area contributed by atoms with E-state index >= 15 is 0 Å². The molecule has 2 heterocycles. The van der Waals surface area contributed by atoms with Crippen LogP contribution in [0.4, 0.5) is 5.69 Å². The van der Waals surface area contributed by atoms with Crippen molar-refractivity contribution in [3.8, 4) is 5.75 Å². The van der Waals surface area contributed by atoms with Gasteiger partial charge in [-0.2, -0.15) is 0 Å². The average molecular weight is 370 g/mol. The highest BCUT2D eigenvalue weighted by atomic mass is 16.5. The van der Waals surface area contributed by atoms with E-state index in [9.17, 15) is 0 Å². The Morgan fingerprint density at radius 1 is 1.15 bits per heavy atom. The van der Waals surface area contributed by atoms with Gasteiger partial charge >= 0.3 is 0 Å². The Morgan fingerprint density at radius 3 is 2.67 bits per heavy atom. The summed E-state index contributed by atoms with van der Waals surface area (Å²) in [6.07, 6.45) is 3.63. The third-order valence-corrected chi connectivity index (χ3v) is 4.72. The van der Waals surface area contributed by atoms with Crippen molar-refractivity contribution >= 4 is 11.6 Å². The van der Waals surface area contributed by atoms with Crippen LogP contribution in [0.1, 0.15) is 19.1 Å². The lowest BCUT2D eigenvalue weighted by molar-refractivity contribution is 0.366. The number of aliphatic imine (C=N–C) groups is 1. The predicted molar refractivity (Wildman–Crippen MR) is 110 cm³/mol. The van der Waals surface area contributed by atoms with E-state index in [2.05, 4.69) is 34.2 Å². The van der Waals surface area contributed by atoms with Gasteiger partial charge in [-0.05, 0) is 30.7 Å². The average Bonchev–Trinajstić information content (AvgIpc) is 3.24. The van der Waals surface area contributed by atoms with Gasteiger partial charge in [0.2, 0.25) is 0 Å². The quantitative estimate of drug-likeness (QED) is 0.600. The standard InChI is InChI=1S/C21H30N4O2/c1-3-11-22-21(23-12-10-18-7-6-17-27-18)25-15-13-24(14-16-25)19-8-4-5-9-20(19)26-2/h4-9,17H,3,10-16H2,1-2H3,(H,22,23). The van der Waals surface area contributed by atoms with E-state index in [1.165, 1.54) is 0 Å². The molecule has 1 fully saturated rings. The number of benzene rings is 1. The Kier molecular flexibility index (Phi) is 7.02. The number of ether oxygens (including phenoxy) is 1. The van der Waals surface area contributed by atoms with Gasteiger partial charge in [0.1, 0.15) is 11.5 Å². The maximum Gasteiger partial charge on any atom is 0.194 e. The second-order valence-electron chi connectivity index (χ2n) is 6.61. The van der Waals surface area contributed by atoms with Gasteiger partial charge in [-0.25, -0.2) is 0 Å². The molecule has 1 aliphatic rings. The largest absolute Gasteiger partial charge is 0.495 e. The molecule has 0 saturated carbocycles. The molecule has 6 heteroatoms. The summed E-state index contributed by atoms with van der Waals surface area (Å²) < 4.78 is 10.9. The molecule has 0 spiro atoms. The van der Waals surface area contributed by atoms with Gasteiger partial charge in [0.15, 0.2) is 5.96 Å². The van der Waals surface area contributed by atoms with Crippen LogP contribution in [0.5, 0.6) is 5.75 Å². The second kappa shape index (κ2) is 9.90. The second-order valence-corrected chi connectivity index (χ2v) is 6.61. The first kappa shape index (κ1) is 19.1. The molecular weight excluding hydrogens is 340 g/mol. The van der Waals surface area contributed by atoms with E-state index in [4.69, 9.17) is 14.1 Å². The minimum absolute atomic E-state index is 0.822. The summed E-state index contributed by atoms with van der Waals surface area (Å²) in [7, 11) is 1.73. The smallest absolute Gasteiger partial charge is 0.194 e. The Hall–Kier alpha value is -2.63. The van der Waals surface area contributed by atoms with E-state index in [0.29, 0.717) is 0 Å². The normalized spacial score (nSPS) is 15.1. The van der Waals surface area contributed by atoms with E-state index in [0.717, 1.165) is 75.3 Å². The summed E-state index contributed by atoms with van der Waals surface area (Å²) in [4.78, 5) is 9.51. The zero-order valence-corrected chi connectivity index (χ0v) is 16.4. The summed E-state index contributed by atoms with van der Waals surface area (Å²) in [6, 6.07) is 12.2. The van der Waals surface area contributed by atoms with E-state index in [1.54, 1.807) is 13.4 Å². The van der Waals surface area contributed by atoms with Gasteiger partial charge in [0.05, 0.1) is 19.1 Å². The number of para-hydroxylation sites is 2. The molecule has 146 valence electrons. The molecule has 1 aliphatic heterocycles. The van der Waals surface area contributed by atoms with Crippen LogP contribution in [0.25, 0.3) is 0 Å². The molecule has 3 rings (SSSR count). The lowest BCUT2D eigenvalue weighted by Gasteiger charge is -2.38. The fourth-order valence-electron chi connectivity index (χ4n) is 3.29. The van der Waals surface area contributed by atoms with Crippen LogP contribution >= 0.6 is 0 Å². The third kappa shape index (κ3) is 5.18. The number of nitrogens with zero attached hydrogens (tertiary/aromatic N) is 3. The Bertz CT molecular complexity index is 707. The molecule has 1 aromatic heterocycles. The molecule has 0 aliphatic carbocycles. The Balaban J connectivity index is 1.57. The number of nitrogens with one attached hydrogen (secondary N) is 1. The number of rotatable bonds is 7. The number of piperazine rings is 1. The molecule has 1 N–H and O–H groups in total. The van der Waals surface area contributed by atoms with Crippen LogP contribution in [-0.2, 0) is 6.42 Å². The summed E-state index contributed by atoms with van der Waals surface area (Å²) in [6.45, 7) is 7.60. The highest BCUT2D eigenvalue weighted by Gasteiger charge is 2.21. The van der Waals surface area contributed by atoms with Gasteiger partial charge in [-0.3, -0.25) is 4.99 Å². The first-order chi connectivity index (χ1) is 13.3. The highest BCUT2D eigenvalue weighted by molar-refractivity contribution is 5.80. The van der Waals surface area contributed by atoms with Crippen molar-refractivity contribution in [3.63, 3.8) is 0 Å². The van der Waals surface area contributed by atoms with Crippen molar-refractivity contribution in [1.29, 1.82) is 0 Å².